The first kappa shape index (κ1) is 13.4. The second-order valence-corrected chi connectivity index (χ2v) is 3.03. The Bertz CT molecular complexity index is 147. The van der Waals surface area contributed by atoms with Crippen molar-refractivity contribution in [2.75, 3.05) is 26.9 Å². The summed E-state index contributed by atoms with van der Waals surface area (Å²) in [7, 11) is 1.37. The van der Waals surface area contributed by atoms with E-state index >= 15 is 0 Å². The molecule has 0 saturated heterocycles. The van der Waals surface area contributed by atoms with Crippen LogP contribution in [-0.4, -0.2) is 39.0 Å². The van der Waals surface area contributed by atoms with Crippen molar-refractivity contribution in [3.8, 4) is 0 Å². The third-order valence-electron chi connectivity index (χ3n) is 1.88. The summed E-state index contributed by atoms with van der Waals surface area (Å²) in [6, 6.07) is 0. The van der Waals surface area contributed by atoms with E-state index < -0.39 is 0 Å². The number of hydrogen-bond acceptors (Lipinski definition) is 4. The molecule has 0 N–H and O–H groups in total. The van der Waals surface area contributed by atoms with Crippen LogP contribution < -0.4 is 0 Å². The van der Waals surface area contributed by atoms with Crippen LogP contribution in [0.4, 0.5) is 0 Å². The van der Waals surface area contributed by atoms with Gasteiger partial charge in [0.15, 0.2) is 0 Å². The maximum atomic E-state index is 10.7. The van der Waals surface area contributed by atoms with Gasteiger partial charge in [-0.05, 0) is 13.3 Å². The third kappa shape index (κ3) is 8.01. The van der Waals surface area contributed by atoms with Crippen molar-refractivity contribution in [1.29, 1.82) is 0 Å². The molecule has 84 valence electrons. The SMILES string of the molecule is CCC(C)OCCOCCC(=O)OC. The van der Waals surface area contributed by atoms with E-state index in [0.717, 1.165) is 6.42 Å². The van der Waals surface area contributed by atoms with Crippen molar-refractivity contribution in [2.24, 2.45) is 0 Å². The minimum atomic E-state index is -0.243. The van der Waals surface area contributed by atoms with Crippen molar-refractivity contribution < 1.29 is 19.0 Å². The number of methoxy groups -OCH3 is 1. The van der Waals surface area contributed by atoms with E-state index in [0.29, 0.717) is 26.2 Å². The summed E-state index contributed by atoms with van der Waals surface area (Å²) in [5, 5.41) is 0. The number of hydrogen-bond donors (Lipinski definition) is 0. The number of carbonyl (C=O) groups excluding carboxylic acids is 1. The van der Waals surface area contributed by atoms with Gasteiger partial charge in [0.1, 0.15) is 0 Å². The molecule has 0 heterocycles. The van der Waals surface area contributed by atoms with Crippen LogP contribution in [0.1, 0.15) is 26.7 Å². The first-order valence-corrected chi connectivity index (χ1v) is 4.96. The molecular weight excluding hydrogens is 184 g/mol. The predicted molar refractivity (Wildman–Crippen MR) is 53.2 cm³/mol. The molecular formula is C10H20O4. The fraction of sp³-hybridized carbons (Fsp3) is 0.900. The van der Waals surface area contributed by atoms with Gasteiger partial charge in [0.25, 0.3) is 0 Å². The summed E-state index contributed by atoms with van der Waals surface area (Å²) in [6.45, 7) is 5.60. The topological polar surface area (TPSA) is 44.8 Å². The maximum Gasteiger partial charge on any atom is 0.307 e. The molecule has 0 saturated carbocycles. The Morgan fingerprint density at radius 1 is 1.29 bits per heavy atom. The Hall–Kier alpha value is -0.610. The highest BCUT2D eigenvalue weighted by molar-refractivity contribution is 5.69. The molecule has 0 spiro atoms. The van der Waals surface area contributed by atoms with Crippen molar-refractivity contribution in [3.05, 3.63) is 0 Å². The zero-order valence-corrected chi connectivity index (χ0v) is 9.25. The van der Waals surface area contributed by atoms with Crippen molar-refractivity contribution in [3.63, 3.8) is 0 Å². The molecule has 4 heteroatoms. The molecule has 0 fully saturated rings. The van der Waals surface area contributed by atoms with Crippen LogP contribution in [0, 0.1) is 0 Å². The van der Waals surface area contributed by atoms with Crippen molar-refractivity contribution >= 4 is 5.97 Å². The second-order valence-electron chi connectivity index (χ2n) is 3.03. The number of rotatable bonds is 8. The average molecular weight is 204 g/mol. The zero-order chi connectivity index (χ0) is 10.8. The number of ether oxygens (including phenoxy) is 3. The van der Waals surface area contributed by atoms with Gasteiger partial charge in [-0.3, -0.25) is 4.79 Å². The molecule has 0 aliphatic carbocycles. The zero-order valence-electron chi connectivity index (χ0n) is 9.25. The van der Waals surface area contributed by atoms with E-state index in [1.54, 1.807) is 0 Å². The minimum absolute atomic E-state index is 0.243. The van der Waals surface area contributed by atoms with Gasteiger partial charge in [0.05, 0.1) is 39.5 Å². The van der Waals surface area contributed by atoms with E-state index in [1.165, 1.54) is 7.11 Å². The van der Waals surface area contributed by atoms with Crippen LogP contribution in [0.2, 0.25) is 0 Å². The molecule has 0 aromatic heterocycles. The summed E-state index contributed by atoms with van der Waals surface area (Å²) in [5.41, 5.74) is 0. The molecule has 0 radical (unpaired) electrons. The van der Waals surface area contributed by atoms with Gasteiger partial charge in [-0.25, -0.2) is 0 Å². The molecule has 0 aromatic rings. The standard InChI is InChI=1S/C10H20O4/c1-4-9(2)14-8-7-13-6-5-10(11)12-3/h9H,4-8H2,1-3H3. The summed E-state index contributed by atoms with van der Waals surface area (Å²) < 4.78 is 15.0. The number of carbonyl (C=O) groups is 1. The highest BCUT2D eigenvalue weighted by atomic mass is 16.5. The van der Waals surface area contributed by atoms with Crippen molar-refractivity contribution in [2.45, 2.75) is 32.8 Å². The van der Waals surface area contributed by atoms with Gasteiger partial charge >= 0.3 is 5.97 Å². The lowest BCUT2D eigenvalue weighted by atomic mass is 10.3. The highest BCUT2D eigenvalue weighted by Gasteiger charge is 2.00. The average Bonchev–Trinajstić information content (AvgIpc) is 2.22. The first-order valence-electron chi connectivity index (χ1n) is 4.96. The van der Waals surface area contributed by atoms with E-state index in [-0.39, 0.29) is 12.1 Å². The van der Waals surface area contributed by atoms with E-state index in [9.17, 15) is 4.79 Å². The van der Waals surface area contributed by atoms with Crippen LogP contribution in [0.3, 0.4) is 0 Å². The quantitative estimate of drug-likeness (QED) is 0.442. The molecule has 0 amide bonds. The maximum absolute atomic E-state index is 10.7. The normalized spacial score (nSPS) is 12.5. The summed E-state index contributed by atoms with van der Waals surface area (Å²) in [6.07, 6.45) is 1.58. The Labute approximate surface area is 85.5 Å². The molecule has 0 aliphatic heterocycles. The summed E-state index contributed by atoms with van der Waals surface area (Å²) in [4.78, 5) is 10.7. The minimum Gasteiger partial charge on any atom is -0.469 e. The van der Waals surface area contributed by atoms with E-state index in [2.05, 4.69) is 11.7 Å². The van der Waals surface area contributed by atoms with Gasteiger partial charge in [-0.2, -0.15) is 0 Å². The molecule has 14 heavy (non-hydrogen) atoms. The number of esters is 1. The largest absolute Gasteiger partial charge is 0.469 e. The molecule has 4 nitrogen and oxygen atoms in total. The fourth-order valence-corrected chi connectivity index (χ4v) is 0.786. The molecule has 0 aromatic carbocycles. The van der Waals surface area contributed by atoms with Gasteiger partial charge in [0.2, 0.25) is 0 Å². The summed E-state index contributed by atoms with van der Waals surface area (Å²) >= 11 is 0. The van der Waals surface area contributed by atoms with Crippen LogP contribution in [-0.2, 0) is 19.0 Å². The van der Waals surface area contributed by atoms with Crippen LogP contribution in [0.25, 0.3) is 0 Å². The molecule has 1 atom stereocenters. The molecule has 0 aliphatic rings. The lowest BCUT2D eigenvalue weighted by Crippen LogP contribution is -2.13. The molecule has 0 bridgehead atoms. The lowest BCUT2D eigenvalue weighted by Gasteiger charge is -2.10. The van der Waals surface area contributed by atoms with Crippen LogP contribution in [0.5, 0.6) is 0 Å². The molecule has 1 unspecified atom stereocenters. The smallest absolute Gasteiger partial charge is 0.307 e. The Morgan fingerprint density at radius 2 is 2.00 bits per heavy atom. The highest BCUT2D eigenvalue weighted by Crippen LogP contribution is 1.95. The Kier molecular flexibility index (Phi) is 8.57. The monoisotopic (exact) mass is 204 g/mol. The summed E-state index contributed by atoms with van der Waals surface area (Å²) in [5.74, 6) is -0.243. The van der Waals surface area contributed by atoms with Crippen LogP contribution in [0.15, 0.2) is 0 Å². The molecule has 0 rings (SSSR count). The van der Waals surface area contributed by atoms with Gasteiger partial charge < -0.3 is 14.2 Å². The Morgan fingerprint density at radius 3 is 2.57 bits per heavy atom. The van der Waals surface area contributed by atoms with Gasteiger partial charge in [0, 0.05) is 0 Å². The van der Waals surface area contributed by atoms with Crippen molar-refractivity contribution in [1.82, 2.24) is 0 Å². The van der Waals surface area contributed by atoms with Crippen LogP contribution >= 0.6 is 0 Å². The third-order valence-corrected chi connectivity index (χ3v) is 1.88. The first-order chi connectivity index (χ1) is 6.70. The predicted octanol–water partition coefficient (Wildman–Crippen LogP) is 1.38. The fourth-order valence-electron chi connectivity index (χ4n) is 0.786. The van der Waals surface area contributed by atoms with Gasteiger partial charge in [-0.15, -0.1) is 0 Å². The lowest BCUT2D eigenvalue weighted by molar-refractivity contribution is -0.142. The van der Waals surface area contributed by atoms with E-state index in [1.807, 2.05) is 6.92 Å². The second kappa shape index (κ2) is 8.97. The van der Waals surface area contributed by atoms with Gasteiger partial charge in [-0.1, -0.05) is 6.92 Å². The Balaban J connectivity index is 3.10. The van der Waals surface area contributed by atoms with E-state index in [4.69, 9.17) is 9.47 Å².